The summed E-state index contributed by atoms with van der Waals surface area (Å²) >= 11 is 6.19. The summed E-state index contributed by atoms with van der Waals surface area (Å²) in [5.74, 6) is 0. The highest BCUT2D eigenvalue weighted by Crippen LogP contribution is 2.23. The summed E-state index contributed by atoms with van der Waals surface area (Å²) in [4.78, 5) is 16.8. The predicted octanol–water partition coefficient (Wildman–Crippen LogP) is 5.32. The zero-order chi connectivity index (χ0) is 23.1. The molecule has 0 unspecified atom stereocenters. The lowest BCUT2D eigenvalue weighted by Gasteiger charge is -2.24. The van der Waals surface area contributed by atoms with E-state index in [4.69, 9.17) is 21.1 Å². The molecule has 8 heteroatoms. The van der Waals surface area contributed by atoms with Crippen LogP contribution in [0.4, 0.5) is 4.79 Å². The fourth-order valence-corrected chi connectivity index (χ4v) is 3.66. The maximum Gasteiger partial charge on any atom is 0.408 e. The van der Waals surface area contributed by atoms with Gasteiger partial charge in [0.15, 0.2) is 6.10 Å². The van der Waals surface area contributed by atoms with Crippen LogP contribution in [0.2, 0.25) is 5.15 Å². The maximum atomic E-state index is 12.3. The molecule has 0 aliphatic carbocycles. The van der Waals surface area contributed by atoms with E-state index in [9.17, 15) is 4.79 Å². The van der Waals surface area contributed by atoms with E-state index in [2.05, 4.69) is 15.4 Å². The number of rotatable bonds is 9. The molecule has 7 nitrogen and oxygen atoms in total. The van der Waals surface area contributed by atoms with Gasteiger partial charge < -0.3 is 14.8 Å². The molecule has 2 heterocycles. The van der Waals surface area contributed by atoms with Crippen LogP contribution < -0.4 is 5.32 Å². The van der Waals surface area contributed by atoms with Crippen molar-refractivity contribution >= 4 is 28.6 Å². The monoisotopic (exact) mass is 458 g/mol. The fraction of sp³-hybridized carbons (Fsp3) is 0.458. The van der Waals surface area contributed by atoms with Crippen LogP contribution in [0.1, 0.15) is 51.5 Å². The molecule has 0 radical (unpaired) electrons. The van der Waals surface area contributed by atoms with Gasteiger partial charge in [0, 0.05) is 24.1 Å². The second-order valence-corrected chi connectivity index (χ2v) is 9.04. The van der Waals surface area contributed by atoms with Crippen LogP contribution >= 0.6 is 11.6 Å². The number of carbonyl (C=O) groups is 1. The molecule has 1 aromatic carbocycles. The Morgan fingerprint density at radius 1 is 1.25 bits per heavy atom. The molecule has 1 N–H and O–H groups in total. The Morgan fingerprint density at radius 3 is 2.69 bits per heavy atom. The largest absolute Gasteiger partial charge is 0.439 e. The second-order valence-electron chi connectivity index (χ2n) is 8.65. The van der Waals surface area contributed by atoms with Crippen molar-refractivity contribution in [3.05, 3.63) is 59.0 Å². The summed E-state index contributed by atoms with van der Waals surface area (Å²) in [5.41, 5.74) is 2.44. The quantitative estimate of drug-likeness (QED) is 0.347. The number of aromatic nitrogens is 3. The van der Waals surface area contributed by atoms with Gasteiger partial charge in [0.25, 0.3) is 0 Å². The first-order valence-electron chi connectivity index (χ1n) is 10.9. The first-order chi connectivity index (χ1) is 15.3. The number of amides is 1. The third-order valence-corrected chi connectivity index (χ3v) is 5.02. The molecule has 3 aromatic rings. The van der Waals surface area contributed by atoms with Crippen LogP contribution in [-0.2, 0) is 22.4 Å². The van der Waals surface area contributed by atoms with E-state index in [0.717, 1.165) is 35.1 Å². The van der Waals surface area contributed by atoms with Crippen molar-refractivity contribution in [2.75, 3.05) is 13.2 Å². The summed E-state index contributed by atoms with van der Waals surface area (Å²) in [6, 6.07) is 11.4. The summed E-state index contributed by atoms with van der Waals surface area (Å²) in [6.45, 7) is 9.32. The summed E-state index contributed by atoms with van der Waals surface area (Å²) < 4.78 is 13.5. The summed E-state index contributed by atoms with van der Waals surface area (Å²) in [5, 5.41) is 8.68. The third kappa shape index (κ3) is 6.68. The minimum atomic E-state index is -0.490. The Labute approximate surface area is 194 Å². The van der Waals surface area contributed by atoms with E-state index in [1.54, 1.807) is 0 Å². The molecule has 0 bridgehead atoms. The van der Waals surface area contributed by atoms with Gasteiger partial charge in [-0.15, -0.1) is 0 Å². The fourth-order valence-electron chi connectivity index (χ4n) is 3.44. The van der Waals surface area contributed by atoms with Crippen molar-refractivity contribution in [2.24, 2.45) is 0 Å². The number of hydrogen-bond acceptors (Lipinski definition) is 5. The zero-order valence-corrected chi connectivity index (χ0v) is 19.9. The highest BCUT2D eigenvalue weighted by Gasteiger charge is 2.21. The van der Waals surface area contributed by atoms with E-state index in [-0.39, 0.29) is 12.1 Å². The molecule has 0 spiro atoms. The van der Waals surface area contributed by atoms with Crippen LogP contribution in [-0.4, -0.2) is 39.6 Å². The number of carbonyl (C=O) groups excluding carboxylic acids is 1. The Morgan fingerprint density at radius 2 is 2.00 bits per heavy atom. The van der Waals surface area contributed by atoms with Gasteiger partial charge in [-0.25, -0.2) is 9.78 Å². The minimum absolute atomic E-state index is 0.271. The molecule has 0 aliphatic rings. The Kier molecular flexibility index (Phi) is 8.10. The van der Waals surface area contributed by atoms with Gasteiger partial charge in [0.05, 0.1) is 24.0 Å². The number of alkyl carbamates (subject to hydrolysis) is 1. The maximum absolute atomic E-state index is 12.3. The Bertz CT molecular complexity index is 1030. The first kappa shape index (κ1) is 24.0. The van der Waals surface area contributed by atoms with Crippen LogP contribution in [0.5, 0.6) is 0 Å². The molecule has 0 saturated heterocycles. The normalized spacial score (nSPS) is 12.7. The van der Waals surface area contributed by atoms with Gasteiger partial charge in [0.2, 0.25) is 0 Å². The molecule has 172 valence electrons. The molecule has 32 heavy (non-hydrogen) atoms. The van der Waals surface area contributed by atoms with Crippen molar-refractivity contribution in [1.82, 2.24) is 20.1 Å². The standard InChI is InChI=1S/C24H31ClN4O3/c1-5-29-22-18(15-26-29)14-21(25)27-19(22)12-9-13-31-16-20(17-10-7-6-8-11-17)32-23(30)28-24(2,3)4/h6-8,10-11,14-15,20H,5,9,12-13,16H2,1-4H3,(H,28,30)/t20-/m1/s1. The highest BCUT2D eigenvalue weighted by molar-refractivity contribution is 6.30. The van der Waals surface area contributed by atoms with Gasteiger partial charge >= 0.3 is 6.09 Å². The Hall–Kier alpha value is -2.64. The van der Waals surface area contributed by atoms with Crippen molar-refractivity contribution in [3.63, 3.8) is 0 Å². The Balaban J connectivity index is 1.58. The van der Waals surface area contributed by atoms with E-state index >= 15 is 0 Å². The molecule has 0 aliphatic heterocycles. The van der Waals surface area contributed by atoms with Crippen LogP contribution in [0.3, 0.4) is 0 Å². The number of benzene rings is 1. The predicted molar refractivity (Wildman–Crippen MR) is 126 cm³/mol. The number of aryl methyl sites for hydroxylation is 2. The van der Waals surface area contributed by atoms with Gasteiger partial charge in [-0.1, -0.05) is 41.9 Å². The lowest BCUT2D eigenvalue weighted by molar-refractivity contribution is 0.0159. The second kappa shape index (κ2) is 10.8. The van der Waals surface area contributed by atoms with E-state index in [0.29, 0.717) is 18.2 Å². The lowest BCUT2D eigenvalue weighted by Crippen LogP contribution is -2.41. The molecular weight excluding hydrogens is 428 g/mol. The van der Waals surface area contributed by atoms with Gasteiger partial charge in [-0.3, -0.25) is 4.68 Å². The number of ether oxygens (including phenoxy) is 2. The summed E-state index contributed by atoms with van der Waals surface area (Å²) in [7, 11) is 0. The molecular formula is C24H31ClN4O3. The van der Waals surface area contributed by atoms with Crippen molar-refractivity contribution in [2.45, 2.75) is 58.7 Å². The van der Waals surface area contributed by atoms with Crippen molar-refractivity contribution in [1.29, 1.82) is 0 Å². The molecule has 1 atom stereocenters. The SMILES string of the molecule is CCn1ncc2cc(Cl)nc(CCCOC[C@@H](OC(=O)NC(C)(C)C)c3ccccc3)c21. The van der Waals surface area contributed by atoms with Gasteiger partial charge in [-0.05, 0) is 52.2 Å². The number of nitrogens with zero attached hydrogens (tertiary/aromatic N) is 3. The number of pyridine rings is 1. The van der Waals surface area contributed by atoms with E-state index in [1.165, 1.54) is 0 Å². The van der Waals surface area contributed by atoms with Gasteiger partial charge in [0.1, 0.15) is 5.15 Å². The number of hydrogen-bond donors (Lipinski definition) is 1. The number of halogens is 1. The lowest BCUT2D eigenvalue weighted by atomic mass is 10.1. The molecule has 0 fully saturated rings. The van der Waals surface area contributed by atoms with Crippen LogP contribution in [0, 0.1) is 0 Å². The average molecular weight is 459 g/mol. The van der Waals surface area contributed by atoms with Crippen molar-refractivity contribution in [3.8, 4) is 0 Å². The van der Waals surface area contributed by atoms with Crippen molar-refractivity contribution < 1.29 is 14.3 Å². The molecule has 2 aromatic heterocycles. The van der Waals surface area contributed by atoms with E-state index < -0.39 is 12.2 Å². The first-order valence-corrected chi connectivity index (χ1v) is 11.3. The average Bonchev–Trinajstić information content (AvgIpc) is 3.14. The zero-order valence-electron chi connectivity index (χ0n) is 19.1. The van der Waals surface area contributed by atoms with E-state index in [1.807, 2.05) is 75.0 Å². The third-order valence-electron chi connectivity index (χ3n) is 4.83. The molecule has 3 rings (SSSR count). The smallest absolute Gasteiger partial charge is 0.408 e. The highest BCUT2D eigenvalue weighted by atomic mass is 35.5. The van der Waals surface area contributed by atoms with Crippen LogP contribution in [0.25, 0.3) is 10.9 Å². The molecule has 0 saturated carbocycles. The topological polar surface area (TPSA) is 78.3 Å². The van der Waals surface area contributed by atoms with Gasteiger partial charge in [-0.2, -0.15) is 5.10 Å². The minimum Gasteiger partial charge on any atom is -0.439 e. The number of nitrogens with one attached hydrogen (secondary N) is 1. The number of fused-ring (bicyclic) bond motifs is 1. The summed E-state index contributed by atoms with van der Waals surface area (Å²) in [6.07, 6.45) is 2.33. The van der Waals surface area contributed by atoms with Crippen LogP contribution in [0.15, 0.2) is 42.6 Å². The molecule has 1 amide bonds.